The van der Waals surface area contributed by atoms with Gasteiger partial charge in [-0.1, -0.05) is 6.07 Å². The van der Waals surface area contributed by atoms with Gasteiger partial charge in [0.2, 0.25) is 15.9 Å². The zero-order chi connectivity index (χ0) is 20.0. The third kappa shape index (κ3) is 6.03. The Labute approximate surface area is 169 Å². The SMILES string of the molecule is CSCCC(NS(=O)(=O)c1cc(C)c(C)cc1C)C(=O)NCc1cscn1. The lowest BCUT2D eigenvalue weighted by Gasteiger charge is -2.19. The van der Waals surface area contributed by atoms with E-state index in [1.54, 1.807) is 30.3 Å². The maximum Gasteiger partial charge on any atom is 0.241 e. The number of thiazole rings is 1. The number of hydrogen-bond acceptors (Lipinski definition) is 6. The summed E-state index contributed by atoms with van der Waals surface area (Å²) in [5, 5.41) is 4.62. The summed E-state index contributed by atoms with van der Waals surface area (Å²) < 4.78 is 28.4. The number of rotatable bonds is 9. The molecule has 27 heavy (non-hydrogen) atoms. The molecule has 2 N–H and O–H groups in total. The van der Waals surface area contributed by atoms with E-state index in [2.05, 4.69) is 15.0 Å². The number of nitrogens with zero attached hydrogens (tertiary/aromatic N) is 1. The van der Waals surface area contributed by atoms with Gasteiger partial charge in [-0.15, -0.1) is 11.3 Å². The number of thioether (sulfide) groups is 1. The van der Waals surface area contributed by atoms with Crippen molar-refractivity contribution >= 4 is 39.0 Å². The van der Waals surface area contributed by atoms with Crippen LogP contribution in [0.4, 0.5) is 0 Å². The Morgan fingerprint density at radius 2 is 1.93 bits per heavy atom. The molecule has 1 atom stereocenters. The van der Waals surface area contributed by atoms with Crippen LogP contribution in [0.1, 0.15) is 28.8 Å². The van der Waals surface area contributed by atoms with E-state index in [0.717, 1.165) is 16.8 Å². The number of benzene rings is 1. The van der Waals surface area contributed by atoms with Crippen molar-refractivity contribution < 1.29 is 13.2 Å². The van der Waals surface area contributed by atoms with E-state index in [-0.39, 0.29) is 17.3 Å². The summed E-state index contributed by atoms with van der Waals surface area (Å²) in [7, 11) is -3.81. The van der Waals surface area contributed by atoms with Crippen molar-refractivity contribution in [3.05, 3.63) is 45.4 Å². The molecule has 0 radical (unpaired) electrons. The van der Waals surface area contributed by atoms with Gasteiger partial charge in [-0.25, -0.2) is 13.4 Å². The fourth-order valence-electron chi connectivity index (χ4n) is 2.58. The van der Waals surface area contributed by atoms with Gasteiger partial charge in [-0.3, -0.25) is 4.79 Å². The smallest absolute Gasteiger partial charge is 0.241 e. The lowest BCUT2D eigenvalue weighted by molar-refractivity contribution is -0.122. The van der Waals surface area contributed by atoms with E-state index >= 15 is 0 Å². The predicted molar refractivity (Wildman–Crippen MR) is 112 cm³/mol. The molecule has 0 aliphatic carbocycles. The summed E-state index contributed by atoms with van der Waals surface area (Å²) in [4.78, 5) is 16.9. The van der Waals surface area contributed by atoms with Crippen LogP contribution in [0.2, 0.25) is 0 Å². The summed E-state index contributed by atoms with van der Waals surface area (Å²) in [5.74, 6) is 0.325. The minimum absolute atomic E-state index is 0.215. The molecule has 1 amide bonds. The first kappa shape index (κ1) is 21.9. The van der Waals surface area contributed by atoms with Gasteiger partial charge in [0.25, 0.3) is 0 Å². The minimum Gasteiger partial charge on any atom is -0.349 e. The first-order valence-corrected chi connectivity index (χ1v) is 12.3. The fourth-order valence-corrected chi connectivity index (χ4v) is 5.15. The van der Waals surface area contributed by atoms with Crippen LogP contribution >= 0.6 is 23.1 Å². The molecular weight excluding hydrogens is 402 g/mol. The second-order valence-electron chi connectivity index (χ2n) is 6.35. The Bertz CT molecular complexity index is 881. The number of aromatic nitrogens is 1. The lowest BCUT2D eigenvalue weighted by Crippen LogP contribution is -2.47. The molecule has 6 nitrogen and oxygen atoms in total. The van der Waals surface area contributed by atoms with Gasteiger partial charge in [0.1, 0.15) is 6.04 Å². The van der Waals surface area contributed by atoms with Crippen LogP contribution in [-0.2, 0) is 21.4 Å². The van der Waals surface area contributed by atoms with E-state index in [1.165, 1.54) is 11.3 Å². The average molecular weight is 428 g/mol. The quantitative estimate of drug-likeness (QED) is 0.642. The Morgan fingerprint density at radius 3 is 2.56 bits per heavy atom. The molecule has 2 rings (SSSR count). The highest BCUT2D eigenvalue weighted by molar-refractivity contribution is 7.98. The highest BCUT2D eigenvalue weighted by Crippen LogP contribution is 2.20. The van der Waals surface area contributed by atoms with Crippen LogP contribution in [-0.4, -0.2) is 37.4 Å². The van der Waals surface area contributed by atoms with Gasteiger partial charge in [0.15, 0.2) is 0 Å². The maximum atomic E-state index is 12.9. The van der Waals surface area contributed by atoms with Gasteiger partial charge < -0.3 is 5.32 Å². The van der Waals surface area contributed by atoms with Crippen LogP contribution in [0.3, 0.4) is 0 Å². The number of amides is 1. The monoisotopic (exact) mass is 427 g/mol. The third-order valence-corrected chi connectivity index (χ3v) is 7.13. The van der Waals surface area contributed by atoms with Crippen molar-refractivity contribution in [1.82, 2.24) is 15.0 Å². The van der Waals surface area contributed by atoms with Crippen molar-refractivity contribution in [3.63, 3.8) is 0 Å². The zero-order valence-corrected chi connectivity index (χ0v) is 18.4. The van der Waals surface area contributed by atoms with E-state index in [1.807, 2.05) is 31.5 Å². The number of hydrogen-bond donors (Lipinski definition) is 2. The van der Waals surface area contributed by atoms with E-state index in [9.17, 15) is 13.2 Å². The molecule has 0 saturated heterocycles. The molecule has 0 bridgehead atoms. The summed E-state index contributed by atoms with van der Waals surface area (Å²) in [6.45, 7) is 5.86. The van der Waals surface area contributed by atoms with E-state index in [4.69, 9.17) is 0 Å². The van der Waals surface area contributed by atoms with Crippen molar-refractivity contribution in [2.45, 2.75) is 44.7 Å². The van der Waals surface area contributed by atoms with Gasteiger partial charge in [-0.05, 0) is 62.0 Å². The number of aryl methyl sites for hydroxylation is 3. The molecule has 1 aromatic heterocycles. The highest BCUT2D eigenvalue weighted by atomic mass is 32.2. The molecule has 148 valence electrons. The highest BCUT2D eigenvalue weighted by Gasteiger charge is 2.26. The van der Waals surface area contributed by atoms with Crippen molar-refractivity contribution in [2.24, 2.45) is 0 Å². The summed E-state index contributed by atoms with van der Waals surface area (Å²) >= 11 is 3.01. The van der Waals surface area contributed by atoms with Crippen LogP contribution in [0, 0.1) is 20.8 Å². The van der Waals surface area contributed by atoms with Crippen LogP contribution in [0.25, 0.3) is 0 Å². The second kappa shape index (κ2) is 9.68. The molecule has 0 aliphatic heterocycles. The van der Waals surface area contributed by atoms with Gasteiger partial charge in [0.05, 0.1) is 22.6 Å². The third-order valence-electron chi connectivity index (χ3n) is 4.23. The molecule has 1 heterocycles. The van der Waals surface area contributed by atoms with Crippen molar-refractivity contribution in [1.29, 1.82) is 0 Å². The van der Waals surface area contributed by atoms with E-state index in [0.29, 0.717) is 17.7 Å². The average Bonchev–Trinajstić information content (AvgIpc) is 3.13. The Hall–Kier alpha value is -1.42. The van der Waals surface area contributed by atoms with Gasteiger partial charge in [0, 0.05) is 5.38 Å². The number of sulfonamides is 1. The largest absolute Gasteiger partial charge is 0.349 e. The topological polar surface area (TPSA) is 88.2 Å². The first-order valence-electron chi connectivity index (χ1n) is 8.48. The van der Waals surface area contributed by atoms with E-state index < -0.39 is 16.1 Å². The summed E-state index contributed by atoms with van der Waals surface area (Å²) in [6, 6.07) is 2.68. The summed E-state index contributed by atoms with van der Waals surface area (Å²) in [6.07, 6.45) is 2.33. The fraction of sp³-hybridized carbons (Fsp3) is 0.444. The molecule has 0 fully saturated rings. The molecule has 0 aliphatic rings. The number of carbonyl (C=O) groups is 1. The van der Waals surface area contributed by atoms with Crippen molar-refractivity contribution in [2.75, 3.05) is 12.0 Å². The molecule has 2 aromatic rings. The van der Waals surface area contributed by atoms with Crippen molar-refractivity contribution in [3.8, 4) is 0 Å². The second-order valence-corrected chi connectivity index (χ2v) is 9.74. The zero-order valence-electron chi connectivity index (χ0n) is 15.9. The molecular formula is C18H25N3O3S3. The summed E-state index contributed by atoms with van der Waals surface area (Å²) in [5.41, 5.74) is 5.04. The molecule has 9 heteroatoms. The molecule has 0 spiro atoms. The first-order chi connectivity index (χ1) is 12.7. The number of nitrogens with one attached hydrogen (secondary N) is 2. The predicted octanol–water partition coefficient (Wildman–Crippen LogP) is 2.78. The number of carbonyl (C=O) groups excluding carboxylic acids is 1. The normalized spacial score (nSPS) is 12.7. The molecule has 1 aromatic carbocycles. The minimum atomic E-state index is -3.81. The standard InChI is InChI=1S/C18H25N3O3S3/c1-12-7-14(3)17(8-13(12)2)27(23,24)21-16(5-6-25-4)18(22)19-9-15-10-26-11-20-15/h7-8,10-11,16,21H,5-6,9H2,1-4H3,(H,19,22). The van der Waals surface area contributed by atoms with Crippen LogP contribution < -0.4 is 10.0 Å². The van der Waals surface area contributed by atoms with Gasteiger partial charge >= 0.3 is 0 Å². The Morgan fingerprint density at radius 1 is 1.22 bits per heavy atom. The molecule has 1 unspecified atom stereocenters. The molecule has 0 saturated carbocycles. The van der Waals surface area contributed by atoms with Crippen LogP contribution in [0.15, 0.2) is 27.9 Å². The Kier molecular flexibility index (Phi) is 7.84. The Balaban J connectivity index is 2.18. The lowest BCUT2D eigenvalue weighted by atomic mass is 10.1. The van der Waals surface area contributed by atoms with Gasteiger partial charge in [-0.2, -0.15) is 16.5 Å². The van der Waals surface area contributed by atoms with Crippen LogP contribution in [0.5, 0.6) is 0 Å². The maximum absolute atomic E-state index is 12.9.